The Bertz CT molecular complexity index is 332. The monoisotopic (exact) mass is 280 g/mol. The van der Waals surface area contributed by atoms with Gasteiger partial charge in [-0.15, -0.1) is 0 Å². The summed E-state index contributed by atoms with van der Waals surface area (Å²) in [5.74, 6) is 0.773. The number of likely N-dealkylation sites (tertiary alicyclic amines) is 1. The molecule has 0 radical (unpaired) electrons. The number of hydrogen-bond donors (Lipinski definition) is 0. The Morgan fingerprint density at radius 1 is 1.30 bits per heavy atom. The van der Waals surface area contributed by atoms with E-state index in [1.165, 1.54) is 32.5 Å². The first-order valence-electron chi connectivity index (χ1n) is 8.36. The molecule has 0 N–H and O–H groups in total. The third-order valence-corrected chi connectivity index (χ3v) is 5.44. The minimum Gasteiger partial charge on any atom is -0.303 e. The Kier molecular flexibility index (Phi) is 5.25. The number of carbonyl (C=O) groups excluding carboxylic acids is 1. The summed E-state index contributed by atoms with van der Waals surface area (Å²) >= 11 is 0. The summed E-state index contributed by atoms with van der Waals surface area (Å²) in [7, 11) is 2.22. The maximum Gasteiger partial charge on any atom is 0.137 e. The van der Waals surface area contributed by atoms with Crippen molar-refractivity contribution in [3.63, 3.8) is 0 Å². The molecule has 3 heteroatoms. The molecular weight excluding hydrogens is 248 g/mol. The van der Waals surface area contributed by atoms with Crippen LogP contribution in [0.25, 0.3) is 0 Å². The smallest absolute Gasteiger partial charge is 0.137 e. The largest absolute Gasteiger partial charge is 0.303 e. The van der Waals surface area contributed by atoms with Crippen molar-refractivity contribution >= 4 is 5.78 Å². The molecule has 0 amide bonds. The SMILES string of the molecule is CCN1CCC(N(C)CC2CC(C)(C)CCC2=O)CC1. The summed E-state index contributed by atoms with van der Waals surface area (Å²) < 4.78 is 0. The Hall–Kier alpha value is -0.410. The van der Waals surface area contributed by atoms with Crippen molar-refractivity contribution < 1.29 is 4.79 Å². The van der Waals surface area contributed by atoms with Gasteiger partial charge in [-0.25, -0.2) is 0 Å². The quantitative estimate of drug-likeness (QED) is 0.791. The van der Waals surface area contributed by atoms with Gasteiger partial charge in [-0.3, -0.25) is 4.79 Å². The van der Waals surface area contributed by atoms with Crippen LogP contribution < -0.4 is 0 Å². The van der Waals surface area contributed by atoms with Crippen molar-refractivity contribution in [1.29, 1.82) is 0 Å². The average molecular weight is 280 g/mol. The van der Waals surface area contributed by atoms with Crippen molar-refractivity contribution in [3.8, 4) is 0 Å². The molecule has 2 fully saturated rings. The van der Waals surface area contributed by atoms with E-state index in [1.54, 1.807) is 0 Å². The van der Waals surface area contributed by atoms with Crippen LogP contribution in [0.5, 0.6) is 0 Å². The number of carbonyl (C=O) groups is 1. The first kappa shape index (κ1) is 16.0. The predicted octanol–water partition coefficient (Wildman–Crippen LogP) is 2.80. The molecule has 0 bridgehead atoms. The summed E-state index contributed by atoms with van der Waals surface area (Å²) in [6.07, 6.45) is 5.45. The lowest BCUT2D eigenvalue weighted by Gasteiger charge is -2.40. The highest BCUT2D eigenvalue weighted by atomic mass is 16.1. The van der Waals surface area contributed by atoms with E-state index < -0.39 is 0 Å². The second-order valence-electron chi connectivity index (χ2n) is 7.64. The number of Topliss-reactive ketones (excluding diaryl/α,β-unsaturated/α-hetero) is 1. The second-order valence-corrected chi connectivity index (χ2v) is 7.64. The molecule has 1 aliphatic heterocycles. The predicted molar refractivity (Wildman–Crippen MR) is 83.9 cm³/mol. The van der Waals surface area contributed by atoms with Crippen LogP contribution in [0.4, 0.5) is 0 Å². The van der Waals surface area contributed by atoms with E-state index in [9.17, 15) is 4.79 Å². The van der Waals surface area contributed by atoms with E-state index in [-0.39, 0.29) is 5.92 Å². The summed E-state index contributed by atoms with van der Waals surface area (Å²) in [6, 6.07) is 0.677. The molecular formula is C17H32N2O. The second kappa shape index (κ2) is 6.57. The summed E-state index contributed by atoms with van der Waals surface area (Å²) in [4.78, 5) is 17.2. The molecule has 0 spiro atoms. The first-order valence-corrected chi connectivity index (χ1v) is 8.36. The van der Waals surface area contributed by atoms with E-state index in [1.807, 2.05) is 0 Å². The standard InChI is InChI=1S/C17H32N2O/c1-5-19-10-7-15(8-11-19)18(4)13-14-12-17(2,3)9-6-16(14)20/h14-15H,5-13H2,1-4H3. The lowest BCUT2D eigenvalue weighted by atomic mass is 9.71. The van der Waals surface area contributed by atoms with Gasteiger partial charge in [0.05, 0.1) is 0 Å². The van der Waals surface area contributed by atoms with Crippen LogP contribution in [0.15, 0.2) is 0 Å². The molecule has 1 saturated carbocycles. The van der Waals surface area contributed by atoms with Gasteiger partial charge in [0.2, 0.25) is 0 Å². The highest BCUT2D eigenvalue weighted by Crippen LogP contribution is 2.37. The topological polar surface area (TPSA) is 23.6 Å². The molecule has 1 atom stereocenters. The lowest BCUT2D eigenvalue weighted by molar-refractivity contribution is -0.128. The zero-order chi connectivity index (χ0) is 14.8. The van der Waals surface area contributed by atoms with Crippen molar-refractivity contribution in [1.82, 2.24) is 9.80 Å². The minimum absolute atomic E-state index is 0.271. The molecule has 1 unspecified atom stereocenters. The molecule has 0 aromatic rings. The van der Waals surface area contributed by atoms with Crippen LogP contribution in [0, 0.1) is 11.3 Å². The van der Waals surface area contributed by atoms with E-state index in [0.717, 1.165) is 25.8 Å². The molecule has 2 rings (SSSR count). The van der Waals surface area contributed by atoms with Crippen molar-refractivity contribution in [3.05, 3.63) is 0 Å². The van der Waals surface area contributed by atoms with Crippen LogP contribution in [0.2, 0.25) is 0 Å². The molecule has 2 aliphatic rings. The molecule has 1 saturated heterocycles. The fraction of sp³-hybridized carbons (Fsp3) is 0.941. The fourth-order valence-corrected chi connectivity index (χ4v) is 3.89. The number of ketones is 1. The third kappa shape index (κ3) is 4.05. The third-order valence-electron chi connectivity index (χ3n) is 5.44. The fourth-order valence-electron chi connectivity index (χ4n) is 3.89. The van der Waals surface area contributed by atoms with Crippen LogP contribution in [0.3, 0.4) is 0 Å². The van der Waals surface area contributed by atoms with Gasteiger partial charge in [-0.1, -0.05) is 20.8 Å². The Labute approximate surface area is 124 Å². The Morgan fingerprint density at radius 2 is 1.95 bits per heavy atom. The van der Waals surface area contributed by atoms with Gasteiger partial charge in [-0.2, -0.15) is 0 Å². The molecule has 0 aromatic carbocycles. The summed E-state index contributed by atoms with van der Waals surface area (Å²) in [5.41, 5.74) is 0.352. The Morgan fingerprint density at radius 3 is 2.55 bits per heavy atom. The normalized spacial score (nSPS) is 29.1. The maximum absolute atomic E-state index is 12.2. The van der Waals surface area contributed by atoms with Gasteiger partial charge in [-0.05, 0) is 57.8 Å². The van der Waals surface area contributed by atoms with E-state index in [0.29, 0.717) is 17.2 Å². The van der Waals surface area contributed by atoms with E-state index in [4.69, 9.17) is 0 Å². The molecule has 0 aromatic heterocycles. The molecule has 20 heavy (non-hydrogen) atoms. The van der Waals surface area contributed by atoms with Crippen LogP contribution in [0.1, 0.15) is 52.9 Å². The van der Waals surface area contributed by atoms with Crippen molar-refractivity contribution in [2.45, 2.75) is 58.9 Å². The van der Waals surface area contributed by atoms with Gasteiger partial charge in [0.25, 0.3) is 0 Å². The number of piperidine rings is 1. The van der Waals surface area contributed by atoms with Gasteiger partial charge >= 0.3 is 0 Å². The molecule has 3 nitrogen and oxygen atoms in total. The molecule has 1 heterocycles. The number of rotatable bonds is 4. The zero-order valence-electron chi connectivity index (χ0n) is 13.8. The average Bonchev–Trinajstić information content (AvgIpc) is 2.43. The zero-order valence-corrected chi connectivity index (χ0v) is 13.8. The number of hydrogen-bond acceptors (Lipinski definition) is 3. The van der Waals surface area contributed by atoms with Crippen LogP contribution in [-0.4, -0.2) is 54.9 Å². The van der Waals surface area contributed by atoms with Crippen molar-refractivity contribution in [2.75, 3.05) is 33.2 Å². The van der Waals surface area contributed by atoms with Crippen LogP contribution >= 0.6 is 0 Å². The highest BCUT2D eigenvalue weighted by Gasteiger charge is 2.35. The van der Waals surface area contributed by atoms with Crippen LogP contribution in [-0.2, 0) is 4.79 Å². The van der Waals surface area contributed by atoms with Crippen molar-refractivity contribution in [2.24, 2.45) is 11.3 Å². The minimum atomic E-state index is 0.271. The highest BCUT2D eigenvalue weighted by molar-refractivity contribution is 5.82. The van der Waals surface area contributed by atoms with E-state index >= 15 is 0 Å². The van der Waals surface area contributed by atoms with E-state index in [2.05, 4.69) is 37.6 Å². The van der Waals surface area contributed by atoms with Gasteiger partial charge in [0.15, 0.2) is 0 Å². The molecule has 1 aliphatic carbocycles. The summed E-state index contributed by atoms with van der Waals surface area (Å²) in [6.45, 7) is 11.4. The summed E-state index contributed by atoms with van der Waals surface area (Å²) in [5, 5.41) is 0. The maximum atomic E-state index is 12.2. The molecule has 116 valence electrons. The number of nitrogens with zero attached hydrogens (tertiary/aromatic N) is 2. The van der Waals surface area contributed by atoms with Gasteiger partial charge < -0.3 is 9.80 Å². The first-order chi connectivity index (χ1) is 9.41. The van der Waals surface area contributed by atoms with Gasteiger partial charge in [0.1, 0.15) is 5.78 Å². The lowest BCUT2D eigenvalue weighted by Crippen LogP contribution is -2.46. The van der Waals surface area contributed by atoms with Gasteiger partial charge in [0, 0.05) is 24.9 Å². The Balaban J connectivity index is 1.84.